The van der Waals surface area contributed by atoms with Crippen LogP contribution in [0, 0.1) is 0 Å². The van der Waals surface area contributed by atoms with Gasteiger partial charge in [-0.25, -0.2) is 8.42 Å². The van der Waals surface area contributed by atoms with E-state index in [4.69, 9.17) is 0 Å². The Balaban J connectivity index is 1.84. The molecule has 7 heteroatoms. The molecule has 1 aliphatic rings. The Kier molecular flexibility index (Phi) is 4.64. The van der Waals surface area contributed by atoms with Crippen LogP contribution < -0.4 is 0 Å². The lowest BCUT2D eigenvalue weighted by Gasteiger charge is -2.36. The zero-order valence-corrected chi connectivity index (χ0v) is 14.8. The van der Waals surface area contributed by atoms with Crippen LogP contribution in [0.4, 0.5) is 0 Å². The minimum Gasteiger partial charge on any atom is -0.357 e. The fourth-order valence-electron chi connectivity index (χ4n) is 3.23. The summed E-state index contributed by atoms with van der Waals surface area (Å²) in [6, 6.07) is 10.1. The number of amides is 1. The lowest BCUT2D eigenvalue weighted by Crippen LogP contribution is -2.44. The van der Waals surface area contributed by atoms with Crippen LogP contribution in [0.3, 0.4) is 0 Å². The van der Waals surface area contributed by atoms with Gasteiger partial charge in [-0.15, -0.1) is 0 Å². The summed E-state index contributed by atoms with van der Waals surface area (Å²) < 4.78 is 24.2. The van der Waals surface area contributed by atoms with Gasteiger partial charge in [0.1, 0.15) is 0 Å². The molecule has 0 radical (unpaired) electrons. The topological polar surface area (TPSA) is 73.5 Å². The van der Waals surface area contributed by atoms with Crippen LogP contribution in [-0.4, -0.2) is 54.9 Å². The number of likely N-dealkylation sites (tertiary alicyclic amines) is 1. The molecule has 1 aromatic carbocycles. The number of H-pyrrole nitrogens is 1. The van der Waals surface area contributed by atoms with Crippen LogP contribution in [0.5, 0.6) is 0 Å². The zero-order valence-electron chi connectivity index (χ0n) is 14.0. The molecule has 1 unspecified atom stereocenters. The molecule has 3 rings (SSSR count). The Morgan fingerprint density at radius 2 is 2.08 bits per heavy atom. The van der Waals surface area contributed by atoms with Crippen LogP contribution in [0.25, 0.3) is 10.9 Å². The van der Waals surface area contributed by atoms with Crippen molar-refractivity contribution in [3.63, 3.8) is 0 Å². The molecule has 0 spiro atoms. The zero-order chi connectivity index (χ0) is 17.3. The molecule has 2 aromatic rings. The maximum atomic E-state index is 12.7. The summed E-state index contributed by atoms with van der Waals surface area (Å²) in [6.45, 7) is 0.548. The maximum absolute atomic E-state index is 12.7. The summed E-state index contributed by atoms with van der Waals surface area (Å²) >= 11 is 0. The average molecular weight is 349 g/mol. The number of carbonyl (C=O) groups excluding carboxylic acids is 1. The Hall–Kier alpha value is -1.86. The van der Waals surface area contributed by atoms with E-state index in [0.29, 0.717) is 6.54 Å². The third kappa shape index (κ3) is 3.47. The monoisotopic (exact) mass is 349 g/mol. The lowest BCUT2D eigenvalue weighted by atomic mass is 9.99. The van der Waals surface area contributed by atoms with E-state index < -0.39 is 10.0 Å². The van der Waals surface area contributed by atoms with Gasteiger partial charge < -0.3 is 9.88 Å². The molecule has 1 N–H and O–H groups in total. The highest BCUT2D eigenvalue weighted by molar-refractivity contribution is 7.88. The van der Waals surface area contributed by atoms with Crippen molar-refractivity contribution in [3.05, 3.63) is 36.0 Å². The van der Waals surface area contributed by atoms with Gasteiger partial charge in [0.05, 0.1) is 18.8 Å². The highest BCUT2D eigenvalue weighted by Gasteiger charge is 2.30. The van der Waals surface area contributed by atoms with Gasteiger partial charge in [0, 0.05) is 24.8 Å². The number of nitrogens with zero attached hydrogens (tertiary/aromatic N) is 2. The average Bonchev–Trinajstić information content (AvgIpc) is 2.97. The van der Waals surface area contributed by atoms with Crippen molar-refractivity contribution in [2.24, 2.45) is 0 Å². The van der Waals surface area contributed by atoms with Gasteiger partial charge in [0.25, 0.3) is 0 Å². The predicted octanol–water partition coefficient (Wildman–Crippen LogP) is 2.11. The van der Waals surface area contributed by atoms with Crippen LogP contribution in [0.1, 0.15) is 31.0 Å². The molecule has 0 bridgehead atoms. The van der Waals surface area contributed by atoms with Gasteiger partial charge in [0.2, 0.25) is 15.9 Å². The summed E-state index contributed by atoms with van der Waals surface area (Å²) in [7, 11) is -1.92. The summed E-state index contributed by atoms with van der Waals surface area (Å²) in [5.74, 6) is -0.147. The van der Waals surface area contributed by atoms with E-state index in [2.05, 4.69) is 11.1 Å². The van der Waals surface area contributed by atoms with E-state index in [9.17, 15) is 13.2 Å². The van der Waals surface area contributed by atoms with Crippen LogP contribution in [-0.2, 0) is 14.8 Å². The lowest BCUT2D eigenvalue weighted by molar-refractivity contribution is -0.135. The van der Waals surface area contributed by atoms with Gasteiger partial charge in [-0.1, -0.05) is 18.2 Å². The Bertz CT molecular complexity index is 811. The molecular formula is C17H23N3O3S. The highest BCUT2D eigenvalue weighted by Crippen LogP contribution is 2.32. The van der Waals surface area contributed by atoms with Crippen molar-refractivity contribution >= 4 is 26.8 Å². The minimum atomic E-state index is -3.36. The van der Waals surface area contributed by atoms with Crippen molar-refractivity contribution in [1.82, 2.24) is 14.2 Å². The smallest absolute Gasteiger partial charge is 0.238 e. The first-order valence-electron chi connectivity index (χ1n) is 8.14. The van der Waals surface area contributed by atoms with Gasteiger partial charge in [-0.2, -0.15) is 4.31 Å². The number of nitrogens with one attached hydrogen (secondary N) is 1. The number of hydrogen-bond acceptors (Lipinski definition) is 3. The molecule has 0 saturated carbocycles. The number of fused-ring (bicyclic) bond motifs is 1. The van der Waals surface area contributed by atoms with E-state index in [0.717, 1.165) is 46.4 Å². The molecule has 1 aromatic heterocycles. The molecule has 6 nitrogen and oxygen atoms in total. The molecule has 130 valence electrons. The maximum Gasteiger partial charge on any atom is 0.238 e. The normalized spacial score (nSPS) is 19.1. The summed E-state index contributed by atoms with van der Waals surface area (Å²) in [4.78, 5) is 17.9. The van der Waals surface area contributed by atoms with E-state index in [1.165, 1.54) is 7.05 Å². The quantitative estimate of drug-likeness (QED) is 0.919. The Morgan fingerprint density at radius 3 is 2.79 bits per heavy atom. The van der Waals surface area contributed by atoms with Crippen molar-refractivity contribution in [2.75, 3.05) is 26.4 Å². The van der Waals surface area contributed by atoms with E-state index in [1.807, 2.05) is 29.2 Å². The minimum absolute atomic E-state index is 0.0217. The number of sulfonamides is 1. The number of hydrogen-bond donors (Lipinski definition) is 1. The first-order valence-corrected chi connectivity index (χ1v) is 9.99. The molecule has 2 heterocycles. The van der Waals surface area contributed by atoms with Crippen molar-refractivity contribution in [1.29, 1.82) is 0 Å². The Morgan fingerprint density at radius 1 is 1.33 bits per heavy atom. The third-order valence-electron chi connectivity index (χ3n) is 4.66. The molecule has 1 atom stereocenters. The number of para-hydroxylation sites is 1. The number of piperidine rings is 1. The second-order valence-electron chi connectivity index (χ2n) is 6.43. The number of likely N-dealkylation sites (N-methyl/N-ethyl adjacent to an activating group) is 1. The highest BCUT2D eigenvalue weighted by atomic mass is 32.2. The van der Waals surface area contributed by atoms with Gasteiger partial charge in [-0.05, 0) is 36.8 Å². The third-order valence-corrected chi connectivity index (χ3v) is 5.92. The standard InChI is InChI=1S/C17H23N3O3S/c1-19(24(2,22)23)12-17(21)20-10-6-5-9-16(20)15-11-13-7-3-4-8-14(13)18-15/h3-4,7-8,11,16,18H,5-6,9-10,12H2,1-2H3. The molecule has 1 saturated heterocycles. The number of benzene rings is 1. The van der Waals surface area contributed by atoms with Crippen molar-refractivity contribution in [2.45, 2.75) is 25.3 Å². The largest absolute Gasteiger partial charge is 0.357 e. The summed E-state index contributed by atoms with van der Waals surface area (Å²) in [5.41, 5.74) is 2.07. The fourth-order valence-corrected chi connectivity index (χ4v) is 3.57. The SMILES string of the molecule is CN(CC(=O)N1CCCCC1c1cc2ccccc2[nH]1)S(C)(=O)=O. The predicted molar refractivity (Wildman–Crippen MR) is 94.1 cm³/mol. The van der Waals surface area contributed by atoms with E-state index >= 15 is 0 Å². The molecule has 1 aliphatic heterocycles. The first-order chi connectivity index (χ1) is 11.4. The summed E-state index contributed by atoms with van der Waals surface area (Å²) in [5, 5.41) is 1.12. The molecule has 1 amide bonds. The second kappa shape index (κ2) is 6.57. The number of rotatable bonds is 4. The Labute approximate surface area is 142 Å². The van der Waals surface area contributed by atoms with Crippen LogP contribution >= 0.6 is 0 Å². The number of aromatic nitrogens is 1. The number of aromatic amines is 1. The molecule has 24 heavy (non-hydrogen) atoms. The van der Waals surface area contributed by atoms with Crippen molar-refractivity contribution in [3.8, 4) is 0 Å². The fraction of sp³-hybridized carbons (Fsp3) is 0.471. The van der Waals surface area contributed by atoms with Crippen LogP contribution in [0.2, 0.25) is 0 Å². The molecule has 0 aliphatic carbocycles. The second-order valence-corrected chi connectivity index (χ2v) is 8.52. The van der Waals surface area contributed by atoms with E-state index in [-0.39, 0.29) is 18.5 Å². The van der Waals surface area contributed by atoms with Gasteiger partial charge >= 0.3 is 0 Å². The molecular weight excluding hydrogens is 326 g/mol. The molecule has 1 fully saturated rings. The first kappa shape index (κ1) is 17.0. The summed E-state index contributed by atoms with van der Waals surface area (Å²) in [6.07, 6.45) is 4.02. The van der Waals surface area contributed by atoms with Crippen LogP contribution in [0.15, 0.2) is 30.3 Å². The van der Waals surface area contributed by atoms with Gasteiger partial charge in [-0.3, -0.25) is 4.79 Å². The van der Waals surface area contributed by atoms with Gasteiger partial charge in [0.15, 0.2) is 0 Å². The number of carbonyl (C=O) groups is 1. The van der Waals surface area contributed by atoms with E-state index in [1.54, 1.807) is 0 Å². The van der Waals surface area contributed by atoms with Crippen molar-refractivity contribution < 1.29 is 13.2 Å².